The summed E-state index contributed by atoms with van der Waals surface area (Å²) in [4.78, 5) is 2.62. The molecule has 1 heterocycles. The Morgan fingerprint density at radius 1 is 1.23 bits per heavy atom. The monoisotopic (exact) mass is 182 g/mol. The maximum atomic E-state index is 3.65. The zero-order valence-electron chi connectivity index (χ0n) is 8.76. The van der Waals surface area contributed by atoms with Crippen molar-refractivity contribution in [2.75, 3.05) is 19.6 Å². The molecule has 13 heavy (non-hydrogen) atoms. The van der Waals surface area contributed by atoms with E-state index in [1.54, 1.807) is 0 Å². The summed E-state index contributed by atoms with van der Waals surface area (Å²) in [5.74, 6) is 0. The van der Waals surface area contributed by atoms with Crippen molar-refractivity contribution in [1.82, 2.24) is 10.2 Å². The number of hydrogen-bond donors (Lipinski definition) is 1. The van der Waals surface area contributed by atoms with Gasteiger partial charge in [-0.25, -0.2) is 0 Å². The molecule has 2 fully saturated rings. The highest BCUT2D eigenvalue weighted by Crippen LogP contribution is 2.18. The Hall–Kier alpha value is -0.0800. The average Bonchev–Trinajstić information content (AvgIpc) is 2.52. The quantitative estimate of drug-likeness (QED) is 0.710. The number of likely N-dealkylation sites (tertiary alicyclic amines) is 1. The van der Waals surface area contributed by atoms with E-state index >= 15 is 0 Å². The maximum absolute atomic E-state index is 3.65. The maximum Gasteiger partial charge on any atom is 0.0192 e. The predicted molar refractivity (Wildman–Crippen MR) is 55.9 cm³/mol. The molecule has 0 aromatic carbocycles. The molecule has 2 aliphatic rings. The Bertz CT molecular complexity index is 148. The molecule has 0 radical (unpaired) electrons. The van der Waals surface area contributed by atoms with Gasteiger partial charge >= 0.3 is 0 Å². The summed E-state index contributed by atoms with van der Waals surface area (Å²) in [7, 11) is 0. The third-order valence-electron chi connectivity index (χ3n) is 3.57. The fourth-order valence-corrected chi connectivity index (χ4v) is 2.26. The Morgan fingerprint density at radius 2 is 1.92 bits per heavy atom. The van der Waals surface area contributed by atoms with Gasteiger partial charge in [0, 0.05) is 18.6 Å². The van der Waals surface area contributed by atoms with Crippen LogP contribution in [0.3, 0.4) is 0 Å². The fourth-order valence-electron chi connectivity index (χ4n) is 2.26. The zero-order chi connectivity index (χ0) is 9.10. The van der Waals surface area contributed by atoms with Crippen LogP contribution in [0.15, 0.2) is 0 Å². The van der Waals surface area contributed by atoms with Gasteiger partial charge in [-0.2, -0.15) is 0 Å². The van der Waals surface area contributed by atoms with Crippen molar-refractivity contribution in [3.8, 4) is 0 Å². The van der Waals surface area contributed by atoms with E-state index in [2.05, 4.69) is 17.1 Å². The second kappa shape index (κ2) is 4.43. The highest BCUT2D eigenvalue weighted by Gasteiger charge is 2.21. The van der Waals surface area contributed by atoms with Crippen LogP contribution in [0.4, 0.5) is 0 Å². The van der Waals surface area contributed by atoms with Crippen molar-refractivity contribution in [3.05, 3.63) is 0 Å². The van der Waals surface area contributed by atoms with Crippen LogP contribution >= 0.6 is 0 Å². The van der Waals surface area contributed by atoms with Gasteiger partial charge in [0.15, 0.2) is 0 Å². The third-order valence-corrected chi connectivity index (χ3v) is 3.57. The summed E-state index contributed by atoms with van der Waals surface area (Å²) >= 11 is 0. The molecule has 1 saturated carbocycles. The van der Waals surface area contributed by atoms with Crippen LogP contribution < -0.4 is 5.32 Å². The van der Waals surface area contributed by atoms with Crippen molar-refractivity contribution < 1.29 is 0 Å². The van der Waals surface area contributed by atoms with E-state index in [9.17, 15) is 0 Å². The van der Waals surface area contributed by atoms with E-state index in [-0.39, 0.29) is 0 Å². The Kier molecular flexibility index (Phi) is 3.23. The van der Waals surface area contributed by atoms with Crippen molar-refractivity contribution in [1.29, 1.82) is 0 Å². The first-order valence-electron chi connectivity index (χ1n) is 5.83. The van der Waals surface area contributed by atoms with E-state index in [1.807, 2.05) is 0 Å². The summed E-state index contributed by atoms with van der Waals surface area (Å²) in [6, 6.07) is 1.60. The summed E-state index contributed by atoms with van der Waals surface area (Å²) < 4.78 is 0. The van der Waals surface area contributed by atoms with Gasteiger partial charge in [-0.15, -0.1) is 0 Å². The van der Waals surface area contributed by atoms with Crippen LogP contribution in [0.25, 0.3) is 0 Å². The van der Waals surface area contributed by atoms with Crippen LogP contribution in [0.5, 0.6) is 0 Å². The number of rotatable bonds is 4. The van der Waals surface area contributed by atoms with Crippen LogP contribution in [0.1, 0.15) is 39.0 Å². The molecule has 0 aromatic heterocycles. The molecule has 0 amide bonds. The largest absolute Gasteiger partial charge is 0.312 e. The second-order valence-electron chi connectivity index (χ2n) is 4.63. The van der Waals surface area contributed by atoms with Crippen LogP contribution in [-0.4, -0.2) is 36.6 Å². The molecule has 76 valence electrons. The molecule has 1 unspecified atom stereocenters. The molecule has 2 heteroatoms. The molecule has 2 rings (SSSR count). The van der Waals surface area contributed by atoms with E-state index in [0.717, 1.165) is 12.1 Å². The normalized spacial score (nSPS) is 27.5. The summed E-state index contributed by atoms with van der Waals surface area (Å²) in [5, 5.41) is 3.65. The van der Waals surface area contributed by atoms with Crippen molar-refractivity contribution >= 4 is 0 Å². The van der Waals surface area contributed by atoms with Crippen molar-refractivity contribution in [2.45, 2.75) is 51.1 Å². The van der Waals surface area contributed by atoms with Gasteiger partial charge in [-0.1, -0.05) is 6.42 Å². The molecule has 1 saturated heterocycles. The van der Waals surface area contributed by atoms with Gasteiger partial charge < -0.3 is 5.32 Å². The van der Waals surface area contributed by atoms with Crippen LogP contribution in [-0.2, 0) is 0 Å². The number of hydrogen-bond acceptors (Lipinski definition) is 2. The molecule has 0 aromatic rings. The molecule has 2 nitrogen and oxygen atoms in total. The van der Waals surface area contributed by atoms with Gasteiger partial charge in [0.2, 0.25) is 0 Å². The van der Waals surface area contributed by atoms with Crippen LogP contribution in [0, 0.1) is 0 Å². The Labute approximate surface area is 81.7 Å². The lowest BCUT2D eigenvalue weighted by Gasteiger charge is -2.31. The highest BCUT2D eigenvalue weighted by atomic mass is 15.2. The van der Waals surface area contributed by atoms with E-state index in [1.165, 1.54) is 51.7 Å². The number of nitrogens with one attached hydrogen (secondary N) is 1. The minimum atomic E-state index is 0.753. The fraction of sp³-hybridized carbons (Fsp3) is 1.00. The lowest BCUT2D eigenvalue weighted by atomic mass is 9.93. The molecule has 1 aliphatic heterocycles. The van der Waals surface area contributed by atoms with E-state index in [4.69, 9.17) is 0 Å². The summed E-state index contributed by atoms with van der Waals surface area (Å²) in [6.45, 7) is 6.21. The van der Waals surface area contributed by atoms with Crippen LogP contribution in [0.2, 0.25) is 0 Å². The molecule has 1 N–H and O–H groups in total. The Morgan fingerprint density at radius 3 is 2.46 bits per heavy atom. The topological polar surface area (TPSA) is 15.3 Å². The lowest BCUT2D eigenvalue weighted by Crippen LogP contribution is -2.44. The van der Waals surface area contributed by atoms with Gasteiger partial charge in [-0.3, -0.25) is 4.90 Å². The first-order valence-corrected chi connectivity index (χ1v) is 5.83. The smallest absolute Gasteiger partial charge is 0.0192 e. The second-order valence-corrected chi connectivity index (χ2v) is 4.63. The Balaban J connectivity index is 1.62. The van der Waals surface area contributed by atoms with Crippen molar-refractivity contribution in [3.63, 3.8) is 0 Å². The first kappa shape index (κ1) is 9.47. The summed E-state index contributed by atoms with van der Waals surface area (Å²) in [6.07, 6.45) is 7.08. The summed E-state index contributed by atoms with van der Waals surface area (Å²) in [5.41, 5.74) is 0. The predicted octanol–water partition coefficient (Wildman–Crippen LogP) is 1.61. The average molecular weight is 182 g/mol. The van der Waals surface area contributed by atoms with E-state index < -0.39 is 0 Å². The molecule has 0 bridgehead atoms. The van der Waals surface area contributed by atoms with E-state index in [0.29, 0.717) is 0 Å². The third kappa shape index (κ3) is 2.44. The molecular weight excluding hydrogens is 160 g/mol. The van der Waals surface area contributed by atoms with Gasteiger partial charge in [0.05, 0.1) is 0 Å². The highest BCUT2D eigenvalue weighted by molar-refractivity contribution is 4.80. The van der Waals surface area contributed by atoms with Crippen molar-refractivity contribution in [2.24, 2.45) is 0 Å². The lowest BCUT2D eigenvalue weighted by molar-refractivity contribution is 0.230. The minimum absolute atomic E-state index is 0.753. The molecule has 1 aliphatic carbocycles. The molecule has 0 spiro atoms. The van der Waals surface area contributed by atoms with Gasteiger partial charge in [-0.05, 0) is 45.7 Å². The molecular formula is C11H22N2. The standard InChI is InChI=1S/C11H22N2/c1-10(13-7-2-3-8-13)9-12-11-5-4-6-11/h10-12H,2-9H2,1H3. The first-order chi connectivity index (χ1) is 6.36. The minimum Gasteiger partial charge on any atom is -0.312 e. The zero-order valence-corrected chi connectivity index (χ0v) is 8.76. The SMILES string of the molecule is CC(CNC1CCC1)N1CCCC1. The van der Waals surface area contributed by atoms with Gasteiger partial charge in [0.1, 0.15) is 0 Å². The number of nitrogens with zero attached hydrogens (tertiary/aromatic N) is 1. The molecule has 1 atom stereocenters. The van der Waals surface area contributed by atoms with Gasteiger partial charge in [0.25, 0.3) is 0 Å².